The Morgan fingerprint density at radius 2 is 1.90 bits per heavy atom. The van der Waals surface area contributed by atoms with Crippen LogP contribution in [0, 0.1) is 0 Å². The van der Waals surface area contributed by atoms with Crippen molar-refractivity contribution < 1.29 is 18.4 Å². The van der Waals surface area contributed by atoms with Gasteiger partial charge < -0.3 is 20.9 Å². The van der Waals surface area contributed by atoms with Crippen LogP contribution in [0.1, 0.15) is 10.4 Å². The molecule has 1 unspecified atom stereocenters. The Morgan fingerprint density at radius 3 is 2.57 bits per heavy atom. The lowest BCUT2D eigenvalue weighted by atomic mass is 10.0. The fourth-order valence-electron chi connectivity index (χ4n) is 3.32. The highest BCUT2D eigenvalue weighted by Gasteiger charge is 2.47. The van der Waals surface area contributed by atoms with Crippen molar-refractivity contribution >= 4 is 23.2 Å². The van der Waals surface area contributed by atoms with E-state index in [9.17, 15) is 18.4 Å². The van der Waals surface area contributed by atoms with E-state index in [-0.39, 0.29) is 11.3 Å². The minimum atomic E-state index is -2.89. The Hall–Kier alpha value is -3.89. The van der Waals surface area contributed by atoms with Gasteiger partial charge in [-0.05, 0) is 18.2 Å². The molecule has 0 spiro atoms. The van der Waals surface area contributed by atoms with E-state index in [4.69, 9.17) is 5.73 Å². The highest BCUT2D eigenvalue weighted by atomic mass is 19.3. The number of hydrogen-bond acceptors (Lipinski definition) is 7. The number of rotatable bonds is 5. The molecule has 2 aromatic heterocycles. The zero-order valence-electron chi connectivity index (χ0n) is 15.6. The van der Waals surface area contributed by atoms with E-state index in [0.717, 1.165) is 4.90 Å². The topological polar surface area (TPSA) is 117 Å². The molecule has 2 aromatic rings. The molecule has 2 aliphatic heterocycles. The average Bonchev–Trinajstić information content (AvgIpc) is 2.72. The van der Waals surface area contributed by atoms with Crippen LogP contribution in [0.4, 0.5) is 20.2 Å². The van der Waals surface area contributed by atoms with Crippen molar-refractivity contribution in [2.45, 2.75) is 12.0 Å². The molecule has 4 rings (SSSR count). The number of anilines is 2. The van der Waals surface area contributed by atoms with Gasteiger partial charge in [-0.3, -0.25) is 14.6 Å². The molecule has 9 nitrogen and oxygen atoms in total. The van der Waals surface area contributed by atoms with Crippen LogP contribution in [0.25, 0.3) is 0 Å². The van der Waals surface area contributed by atoms with Crippen LogP contribution in [0.5, 0.6) is 0 Å². The molecule has 30 heavy (non-hydrogen) atoms. The second-order valence-electron chi connectivity index (χ2n) is 6.84. The van der Waals surface area contributed by atoms with E-state index in [1.54, 1.807) is 18.4 Å². The molecule has 0 aromatic carbocycles. The Balaban J connectivity index is 1.65. The number of nitrogens with one attached hydrogen (secondary N) is 1. The van der Waals surface area contributed by atoms with Crippen LogP contribution >= 0.6 is 0 Å². The van der Waals surface area contributed by atoms with Gasteiger partial charge in [-0.25, -0.2) is 18.7 Å². The van der Waals surface area contributed by atoms with Crippen molar-refractivity contribution in [3.05, 3.63) is 66.8 Å². The van der Waals surface area contributed by atoms with Gasteiger partial charge >= 0.3 is 0 Å². The highest BCUT2D eigenvalue weighted by Crippen LogP contribution is 2.32. The minimum absolute atomic E-state index is 0.140. The number of nitrogens with two attached hydrogens (primary N) is 1. The van der Waals surface area contributed by atoms with Crippen molar-refractivity contribution in [1.82, 2.24) is 19.9 Å². The normalized spacial score (nSPS) is 19.7. The number of nitrogens with zero attached hydrogens (tertiary/aromatic N) is 5. The smallest absolute Gasteiger partial charge is 0.282 e. The number of amides is 2. The molecule has 11 heteroatoms. The average molecular weight is 413 g/mol. The van der Waals surface area contributed by atoms with Crippen LogP contribution in [0.2, 0.25) is 0 Å². The van der Waals surface area contributed by atoms with Gasteiger partial charge in [0.05, 0.1) is 48.6 Å². The van der Waals surface area contributed by atoms with E-state index in [0.29, 0.717) is 11.4 Å². The van der Waals surface area contributed by atoms with E-state index >= 15 is 0 Å². The predicted molar refractivity (Wildman–Crippen MR) is 103 cm³/mol. The fourth-order valence-corrected chi connectivity index (χ4v) is 3.32. The number of carbonyl (C=O) groups excluding carboxylic acids is 2. The number of carbonyl (C=O) groups is 2. The molecule has 0 radical (unpaired) electrons. The van der Waals surface area contributed by atoms with Crippen molar-refractivity contribution in [3.63, 3.8) is 0 Å². The van der Waals surface area contributed by atoms with E-state index in [1.807, 2.05) is 0 Å². The number of primary amides is 1. The third-order valence-electron chi connectivity index (χ3n) is 4.65. The molecular formula is C19H17F2N7O2. The first-order valence-electron chi connectivity index (χ1n) is 8.95. The summed E-state index contributed by atoms with van der Waals surface area (Å²) in [5, 5.41) is 3.04. The lowest BCUT2D eigenvalue weighted by molar-refractivity contribution is -0.118. The second kappa shape index (κ2) is 7.50. The first-order chi connectivity index (χ1) is 14.4. The maximum atomic E-state index is 13.2. The van der Waals surface area contributed by atoms with Crippen molar-refractivity contribution in [2.75, 3.05) is 23.3 Å². The molecule has 1 atom stereocenters. The summed E-state index contributed by atoms with van der Waals surface area (Å²) in [5.41, 5.74) is 7.03. The Morgan fingerprint density at radius 1 is 1.17 bits per heavy atom. The third kappa shape index (κ3) is 3.69. The van der Waals surface area contributed by atoms with Crippen LogP contribution in [0.15, 0.2) is 61.2 Å². The molecule has 0 bridgehead atoms. The van der Waals surface area contributed by atoms with Gasteiger partial charge in [0.25, 0.3) is 11.8 Å². The standard InChI is InChI=1S/C19H17F2N7O2/c20-19(21)9-27(10-19)18(30)13-3-4-23-8-15(13)28-5-1-2-14(16(28)17(22)29)26-12-6-24-11-25-7-12/h1-8,11,16,26H,9-10H2,(H2,22,29). The number of halogens is 2. The van der Waals surface area contributed by atoms with Crippen LogP contribution in [-0.4, -0.2) is 56.7 Å². The van der Waals surface area contributed by atoms with Gasteiger partial charge in [0, 0.05) is 18.1 Å². The summed E-state index contributed by atoms with van der Waals surface area (Å²) in [7, 11) is 0. The second-order valence-corrected chi connectivity index (χ2v) is 6.84. The zero-order chi connectivity index (χ0) is 21.3. The summed E-state index contributed by atoms with van der Waals surface area (Å²) in [6.07, 6.45) is 12.1. The van der Waals surface area contributed by atoms with E-state index in [2.05, 4.69) is 20.3 Å². The molecule has 2 amide bonds. The lowest BCUT2D eigenvalue weighted by Crippen LogP contribution is -2.58. The molecular weight excluding hydrogens is 396 g/mol. The number of alkyl halides is 2. The minimum Gasteiger partial charge on any atom is -0.368 e. The van der Waals surface area contributed by atoms with E-state index in [1.165, 1.54) is 42.1 Å². The van der Waals surface area contributed by atoms with Crippen molar-refractivity contribution in [3.8, 4) is 0 Å². The fraction of sp³-hybridized carbons (Fsp3) is 0.211. The summed E-state index contributed by atoms with van der Waals surface area (Å²) in [6, 6.07) is 0.431. The van der Waals surface area contributed by atoms with Gasteiger partial charge in [-0.2, -0.15) is 0 Å². The Kier molecular flexibility index (Phi) is 4.86. The number of pyridine rings is 1. The van der Waals surface area contributed by atoms with Crippen molar-refractivity contribution in [1.29, 1.82) is 0 Å². The number of allylic oxidation sites excluding steroid dienone is 2. The molecule has 154 valence electrons. The lowest BCUT2D eigenvalue weighted by Gasteiger charge is -2.39. The van der Waals surface area contributed by atoms with Crippen LogP contribution in [0.3, 0.4) is 0 Å². The molecule has 1 fully saturated rings. The largest absolute Gasteiger partial charge is 0.368 e. The maximum Gasteiger partial charge on any atom is 0.282 e. The molecule has 3 N–H and O–H groups in total. The van der Waals surface area contributed by atoms with Gasteiger partial charge in [-0.15, -0.1) is 0 Å². The molecule has 4 heterocycles. The zero-order valence-corrected chi connectivity index (χ0v) is 15.6. The quantitative estimate of drug-likeness (QED) is 0.755. The summed E-state index contributed by atoms with van der Waals surface area (Å²) in [4.78, 5) is 39.5. The first-order valence-corrected chi connectivity index (χ1v) is 8.95. The number of aromatic nitrogens is 3. The third-order valence-corrected chi connectivity index (χ3v) is 4.65. The number of likely N-dealkylation sites (tertiary alicyclic amines) is 1. The summed E-state index contributed by atoms with van der Waals surface area (Å²) in [6.45, 7) is -1.30. The van der Waals surface area contributed by atoms with Gasteiger partial charge in [-0.1, -0.05) is 0 Å². The molecule has 0 saturated carbocycles. The number of hydrogen-bond donors (Lipinski definition) is 2. The van der Waals surface area contributed by atoms with Crippen LogP contribution < -0.4 is 16.0 Å². The summed E-state index contributed by atoms with van der Waals surface area (Å²) >= 11 is 0. The Labute approximate surface area is 169 Å². The Bertz CT molecular complexity index is 1030. The maximum absolute atomic E-state index is 13.2. The SMILES string of the molecule is NC(=O)C1C(Nc2cncnc2)=CC=CN1c1cnccc1C(=O)N1CC(F)(F)C1. The highest BCUT2D eigenvalue weighted by molar-refractivity contribution is 6.01. The molecule has 0 aliphatic carbocycles. The monoisotopic (exact) mass is 413 g/mol. The van der Waals surface area contributed by atoms with Gasteiger partial charge in [0.1, 0.15) is 6.33 Å². The van der Waals surface area contributed by atoms with Crippen LogP contribution in [-0.2, 0) is 4.79 Å². The van der Waals surface area contributed by atoms with Gasteiger partial charge in [0.2, 0.25) is 5.91 Å². The molecule has 2 aliphatic rings. The summed E-state index contributed by atoms with van der Waals surface area (Å²) < 4.78 is 26.5. The molecule has 1 saturated heterocycles. The summed E-state index contributed by atoms with van der Waals surface area (Å²) in [5.74, 6) is -4.15. The first kappa shape index (κ1) is 19.4. The van der Waals surface area contributed by atoms with Crippen molar-refractivity contribution in [2.24, 2.45) is 5.73 Å². The van der Waals surface area contributed by atoms with E-state index < -0.39 is 36.9 Å². The predicted octanol–water partition coefficient (Wildman–Crippen LogP) is 1.15. The van der Waals surface area contributed by atoms with Gasteiger partial charge in [0.15, 0.2) is 6.04 Å².